The van der Waals surface area contributed by atoms with Crippen molar-refractivity contribution in [2.75, 3.05) is 6.54 Å². The highest BCUT2D eigenvalue weighted by Gasteiger charge is 2.06. The molecule has 66 valence electrons. The van der Waals surface area contributed by atoms with Gasteiger partial charge in [-0.3, -0.25) is 0 Å². The highest BCUT2D eigenvalue weighted by atomic mass is 15.1. The second-order valence-corrected chi connectivity index (χ2v) is 2.69. The van der Waals surface area contributed by atoms with Crippen molar-refractivity contribution in [2.24, 2.45) is 0 Å². The Morgan fingerprint density at radius 2 is 2.25 bits per heavy atom. The summed E-state index contributed by atoms with van der Waals surface area (Å²) in [5.74, 6) is 0. The molecule has 0 fully saturated rings. The summed E-state index contributed by atoms with van der Waals surface area (Å²) in [6.45, 7) is 5.26. The Labute approximate surface area is 73.2 Å². The Hall–Kier alpha value is -0.960. The SMILES string of the molecule is CCNC(CC)c1ccnnc1. The fraction of sp³-hybridized carbons (Fsp3) is 0.556. The molecule has 0 spiro atoms. The lowest BCUT2D eigenvalue weighted by Crippen LogP contribution is -2.20. The molecule has 0 amide bonds. The summed E-state index contributed by atoms with van der Waals surface area (Å²) in [5, 5.41) is 11.0. The topological polar surface area (TPSA) is 37.8 Å². The average Bonchev–Trinajstić information content (AvgIpc) is 2.15. The summed E-state index contributed by atoms with van der Waals surface area (Å²) in [4.78, 5) is 0. The quantitative estimate of drug-likeness (QED) is 0.735. The average molecular weight is 165 g/mol. The molecule has 0 saturated heterocycles. The van der Waals surface area contributed by atoms with Crippen LogP contribution >= 0.6 is 0 Å². The van der Waals surface area contributed by atoms with Crippen molar-refractivity contribution in [2.45, 2.75) is 26.3 Å². The van der Waals surface area contributed by atoms with Gasteiger partial charge in [0.1, 0.15) is 0 Å². The van der Waals surface area contributed by atoms with Crippen molar-refractivity contribution < 1.29 is 0 Å². The Bertz CT molecular complexity index is 210. The van der Waals surface area contributed by atoms with E-state index in [1.807, 2.05) is 12.3 Å². The minimum Gasteiger partial charge on any atom is -0.310 e. The van der Waals surface area contributed by atoms with Gasteiger partial charge in [-0.15, -0.1) is 0 Å². The maximum absolute atomic E-state index is 3.85. The van der Waals surface area contributed by atoms with Gasteiger partial charge in [0.15, 0.2) is 0 Å². The first-order valence-electron chi connectivity index (χ1n) is 4.38. The molecule has 12 heavy (non-hydrogen) atoms. The molecule has 1 aromatic rings. The number of nitrogens with one attached hydrogen (secondary N) is 1. The van der Waals surface area contributed by atoms with Gasteiger partial charge in [0.2, 0.25) is 0 Å². The zero-order valence-electron chi connectivity index (χ0n) is 7.62. The Morgan fingerprint density at radius 3 is 2.75 bits per heavy atom. The molecule has 0 aliphatic heterocycles. The Kier molecular flexibility index (Phi) is 3.67. The molecule has 3 nitrogen and oxygen atoms in total. The monoisotopic (exact) mass is 165 g/mol. The molecule has 0 aliphatic rings. The van der Waals surface area contributed by atoms with Gasteiger partial charge in [0, 0.05) is 12.2 Å². The van der Waals surface area contributed by atoms with Crippen LogP contribution in [-0.2, 0) is 0 Å². The number of aromatic nitrogens is 2. The van der Waals surface area contributed by atoms with Crippen LogP contribution in [0.5, 0.6) is 0 Å². The van der Waals surface area contributed by atoms with Crippen molar-refractivity contribution in [1.82, 2.24) is 15.5 Å². The van der Waals surface area contributed by atoms with E-state index >= 15 is 0 Å². The standard InChI is InChI=1S/C9H15N3/c1-3-9(10-4-2)8-5-6-11-12-7-8/h5-7,9-10H,3-4H2,1-2H3. The number of rotatable bonds is 4. The lowest BCUT2D eigenvalue weighted by atomic mass is 10.1. The van der Waals surface area contributed by atoms with Crippen LogP contribution in [0.3, 0.4) is 0 Å². The first-order chi connectivity index (χ1) is 5.88. The van der Waals surface area contributed by atoms with Gasteiger partial charge < -0.3 is 5.32 Å². The Balaban J connectivity index is 2.66. The van der Waals surface area contributed by atoms with Gasteiger partial charge in [-0.1, -0.05) is 13.8 Å². The van der Waals surface area contributed by atoms with Crippen molar-refractivity contribution in [3.8, 4) is 0 Å². The van der Waals surface area contributed by atoms with Crippen LogP contribution in [0.1, 0.15) is 31.9 Å². The summed E-state index contributed by atoms with van der Waals surface area (Å²) in [6, 6.07) is 2.43. The summed E-state index contributed by atoms with van der Waals surface area (Å²) >= 11 is 0. The molecule has 1 unspecified atom stereocenters. The maximum atomic E-state index is 3.85. The van der Waals surface area contributed by atoms with Crippen molar-refractivity contribution >= 4 is 0 Å². The number of hydrogen-bond donors (Lipinski definition) is 1. The van der Waals surface area contributed by atoms with Crippen molar-refractivity contribution in [3.05, 3.63) is 24.0 Å². The van der Waals surface area contributed by atoms with Gasteiger partial charge >= 0.3 is 0 Å². The summed E-state index contributed by atoms with van der Waals surface area (Å²) in [7, 11) is 0. The zero-order chi connectivity index (χ0) is 8.81. The van der Waals surface area contributed by atoms with E-state index in [4.69, 9.17) is 0 Å². The minimum absolute atomic E-state index is 0.422. The lowest BCUT2D eigenvalue weighted by Gasteiger charge is -2.14. The number of nitrogens with zero attached hydrogens (tertiary/aromatic N) is 2. The van der Waals surface area contributed by atoms with Crippen LogP contribution < -0.4 is 5.32 Å². The van der Waals surface area contributed by atoms with Gasteiger partial charge in [-0.25, -0.2) is 0 Å². The predicted octanol–water partition coefficient (Wildman–Crippen LogP) is 1.54. The van der Waals surface area contributed by atoms with Gasteiger partial charge in [-0.05, 0) is 24.6 Å². The molecule has 0 saturated carbocycles. The van der Waals surface area contributed by atoms with E-state index in [1.165, 1.54) is 5.56 Å². The molecular weight excluding hydrogens is 150 g/mol. The lowest BCUT2D eigenvalue weighted by molar-refractivity contribution is 0.534. The summed E-state index contributed by atoms with van der Waals surface area (Å²) in [5.41, 5.74) is 1.22. The molecular formula is C9H15N3. The third-order valence-corrected chi connectivity index (χ3v) is 1.87. The van der Waals surface area contributed by atoms with E-state index < -0.39 is 0 Å². The van der Waals surface area contributed by atoms with Gasteiger partial charge in [0.25, 0.3) is 0 Å². The fourth-order valence-electron chi connectivity index (χ4n) is 1.25. The summed E-state index contributed by atoms with van der Waals surface area (Å²) in [6.07, 6.45) is 4.63. The van der Waals surface area contributed by atoms with Crippen molar-refractivity contribution in [3.63, 3.8) is 0 Å². The highest BCUT2D eigenvalue weighted by Crippen LogP contribution is 2.13. The van der Waals surface area contributed by atoms with Crippen LogP contribution in [0, 0.1) is 0 Å². The summed E-state index contributed by atoms with van der Waals surface area (Å²) < 4.78 is 0. The molecule has 1 N–H and O–H groups in total. The maximum Gasteiger partial charge on any atom is 0.0544 e. The molecule has 0 radical (unpaired) electrons. The highest BCUT2D eigenvalue weighted by molar-refractivity contribution is 5.10. The van der Waals surface area contributed by atoms with E-state index in [9.17, 15) is 0 Å². The fourth-order valence-corrected chi connectivity index (χ4v) is 1.25. The third-order valence-electron chi connectivity index (χ3n) is 1.87. The molecule has 3 heteroatoms. The second kappa shape index (κ2) is 4.83. The third kappa shape index (κ3) is 2.27. The van der Waals surface area contributed by atoms with Gasteiger partial charge in [-0.2, -0.15) is 10.2 Å². The smallest absolute Gasteiger partial charge is 0.0544 e. The molecule has 0 aliphatic carbocycles. The first-order valence-corrected chi connectivity index (χ1v) is 4.38. The van der Waals surface area contributed by atoms with Crippen LogP contribution in [0.25, 0.3) is 0 Å². The molecule has 1 rings (SSSR count). The van der Waals surface area contributed by atoms with E-state index in [-0.39, 0.29) is 0 Å². The zero-order valence-corrected chi connectivity index (χ0v) is 7.62. The van der Waals surface area contributed by atoms with Crippen LogP contribution in [0.2, 0.25) is 0 Å². The molecule has 0 bridgehead atoms. The Morgan fingerprint density at radius 1 is 1.42 bits per heavy atom. The molecule has 1 atom stereocenters. The van der Waals surface area contributed by atoms with Crippen LogP contribution in [0.4, 0.5) is 0 Å². The van der Waals surface area contributed by atoms with Crippen LogP contribution in [-0.4, -0.2) is 16.7 Å². The van der Waals surface area contributed by atoms with E-state index in [0.29, 0.717) is 6.04 Å². The second-order valence-electron chi connectivity index (χ2n) is 2.69. The van der Waals surface area contributed by atoms with Gasteiger partial charge in [0.05, 0.1) is 6.20 Å². The normalized spacial score (nSPS) is 12.8. The minimum atomic E-state index is 0.422. The van der Waals surface area contributed by atoms with Crippen molar-refractivity contribution in [1.29, 1.82) is 0 Å². The van der Waals surface area contributed by atoms with Crippen LogP contribution in [0.15, 0.2) is 18.5 Å². The molecule has 0 aromatic carbocycles. The number of hydrogen-bond acceptors (Lipinski definition) is 3. The first kappa shape index (κ1) is 9.13. The van der Waals surface area contributed by atoms with E-state index in [1.54, 1.807) is 6.20 Å². The van der Waals surface area contributed by atoms with E-state index in [2.05, 4.69) is 29.4 Å². The van der Waals surface area contributed by atoms with E-state index in [0.717, 1.165) is 13.0 Å². The largest absolute Gasteiger partial charge is 0.310 e. The molecule has 1 aromatic heterocycles. The molecule has 1 heterocycles. The predicted molar refractivity (Wildman–Crippen MR) is 48.7 cm³/mol.